The van der Waals surface area contributed by atoms with Gasteiger partial charge >= 0.3 is 0 Å². The first-order valence-electron chi connectivity index (χ1n) is 8.00. The predicted molar refractivity (Wildman–Crippen MR) is 94.7 cm³/mol. The van der Waals surface area contributed by atoms with Crippen molar-refractivity contribution in [1.82, 2.24) is 0 Å². The molecule has 1 aliphatic heterocycles. The van der Waals surface area contributed by atoms with Gasteiger partial charge in [0.25, 0.3) is 0 Å². The Morgan fingerprint density at radius 1 is 1.22 bits per heavy atom. The van der Waals surface area contributed by atoms with E-state index in [-0.39, 0.29) is 23.5 Å². The van der Waals surface area contributed by atoms with Crippen LogP contribution >= 0.6 is 0 Å². The number of hydrogen-bond donors (Lipinski definition) is 0. The molecule has 0 aliphatic carbocycles. The Kier molecular flexibility index (Phi) is 5.34. The smallest absolute Gasteiger partial charge is 0.242 e. The fourth-order valence-corrected chi connectivity index (χ4v) is 4.78. The SMILES string of the molecule is CC(C)CS(=O)(=O)CC(=O)N1CC(C)CN(C)c2ccccc21. The molecule has 1 unspecified atom stereocenters. The van der Waals surface area contributed by atoms with Gasteiger partial charge in [-0.15, -0.1) is 0 Å². The number of carbonyl (C=O) groups is 1. The lowest BCUT2D eigenvalue weighted by Crippen LogP contribution is -2.39. The quantitative estimate of drug-likeness (QED) is 0.844. The van der Waals surface area contributed by atoms with Crippen molar-refractivity contribution in [3.63, 3.8) is 0 Å². The average Bonchev–Trinajstić information content (AvgIpc) is 2.54. The zero-order valence-corrected chi connectivity index (χ0v) is 15.1. The number of sulfone groups is 1. The van der Waals surface area contributed by atoms with Gasteiger partial charge in [-0.25, -0.2) is 8.42 Å². The summed E-state index contributed by atoms with van der Waals surface area (Å²) in [6, 6.07) is 7.67. The molecule has 5 nitrogen and oxygen atoms in total. The summed E-state index contributed by atoms with van der Waals surface area (Å²) >= 11 is 0. The van der Waals surface area contributed by atoms with Crippen LogP contribution in [0.3, 0.4) is 0 Å². The summed E-state index contributed by atoms with van der Waals surface area (Å²) in [6.45, 7) is 7.14. The maximum Gasteiger partial charge on any atom is 0.242 e. The second-order valence-electron chi connectivity index (χ2n) is 6.93. The number of fused-ring (bicyclic) bond motifs is 1. The number of rotatable bonds is 4. The maximum absolute atomic E-state index is 12.7. The molecule has 1 aliphatic rings. The Hall–Kier alpha value is -1.56. The van der Waals surface area contributed by atoms with Crippen molar-refractivity contribution in [3.05, 3.63) is 24.3 Å². The number of nitrogens with zero attached hydrogens (tertiary/aromatic N) is 2. The topological polar surface area (TPSA) is 57.7 Å². The van der Waals surface area contributed by atoms with Gasteiger partial charge in [0.2, 0.25) is 5.91 Å². The molecule has 0 bridgehead atoms. The van der Waals surface area contributed by atoms with E-state index in [4.69, 9.17) is 0 Å². The molecule has 0 spiro atoms. The molecule has 0 radical (unpaired) electrons. The van der Waals surface area contributed by atoms with Gasteiger partial charge in [0, 0.05) is 20.1 Å². The van der Waals surface area contributed by atoms with E-state index in [0.29, 0.717) is 6.54 Å². The van der Waals surface area contributed by atoms with Crippen LogP contribution in [0.1, 0.15) is 20.8 Å². The van der Waals surface area contributed by atoms with Crippen molar-refractivity contribution in [2.45, 2.75) is 20.8 Å². The van der Waals surface area contributed by atoms with Crippen LogP contribution in [0.4, 0.5) is 11.4 Å². The fraction of sp³-hybridized carbons (Fsp3) is 0.588. The first kappa shape index (κ1) is 17.8. The molecule has 1 amide bonds. The lowest BCUT2D eigenvalue weighted by molar-refractivity contribution is -0.116. The number of benzene rings is 1. The number of hydrogen-bond acceptors (Lipinski definition) is 4. The molecule has 0 fully saturated rings. The van der Waals surface area contributed by atoms with Crippen molar-refractivity contribution >= 4 is 27.1 Å². The third kappa shape index (κ3) is 4.47. The molecule has 2 rings (SSSR count). The maximum atomic E-state index is 12.7. The van der Waals surface area contributed by atoms with Crippen molar-refractivity contribution < 1.29 is 13.2 Å². The summed E-state index contributed by atoms with van der Waals surface area (Å²) < 4.78 is 24.4. The zero-order chi connectivity index (χ0) is 17.2. The van der Waals surface area contributed by atoms with Crippen LogP contribution in [0, 0.1) is 11.8 Å². The number of carbonyl (C=O) groups excluding carboxylic acids is 1. The lowest BCUT2D eigenvalue weighted by Gasteiger charge is -2.24. The Bertz CT molecular complexity index is 670. The Labute approximate surface area is 139 Å². The summed E-state index contributed by atoms with van der Waals surface area (Å²) in [7, 11) is -1.38. The van der Waals surface area contributed by atoms with Crippen molar-refractivity contribution in [3.8, 4) is 0 Å². The summed E-state index contributed by atoms with van der Waals surface area (Å²) in [4.78, 5) is 16.5. The largest absolute Gasteiger partial charge is 0.373 e. The molecule has 0 saturated carbocycles. The predicted octanol–water partition coefficient (Wildman–Crippen LogP) is 2.18. The Balaban J connectivity index is 2.30. The van der Waals surface area contributed by atoms with Crippen LogP contribution in [0.2, 0.25) is 0 Å². The third-order valence-electron chi connectivity index (χ3n) is 3.90. The molecule has 23 heavy (non-hydrogen) atoms. The zero-order valence-electron chi connectivity index (χ0n) is 14.3. The molecule has 0 N–H and O–H groups in total. The molecule has 6 heteroatoms. The van der Waals surface area contributed by atoms with Crippen LogP contribution in [0.5, 0.6) is 0 Å². The second kappa shape index (κ2) is 6.91. The van der Waals surface area contributed by atoms with E-state index in [2.05, 4.69) is 11.8 Å². The molecule has 1 atom stereocenters. The van der Waals surface area contributed by atoms with Crippen LogP contribution in [-0.2, 0) is 14.6 Å². The molecular formula is C17H26N2O3S. The van der Waals surface area contributed by atoms with E-state index in [1.165, 1.54) is 0 Å². The molecule has 1 heterocycles. The van der Waals surface area contributed by atoms with Gasteiger partial charge in [0.1, 0.15) is 5.75 Å². The van der Waals surface area contributed by atoms with Crippen molar-refractivity contribution in [2.24, 2.45) is 11.8 Å². The number of anilines is 2. The summed E-state index contributed by atoms with van der Waals surface area (Å²) in [5, 5.41) is 0. The van der Waals surface area contributed by atoms with Gasteiger partial charge in [-0.1, -0.05) is 32.9 Å². The van der Waals surface area contributed by atoms with E-state index in [0.717, 1.165) is 17.9 Å². The highest BCUT2D eigenvalue weighted by Gasteiger charge is 2.29. The lowest BCUT2D eigenvalue weighted by atomic mass is 10.1. The van der Waals surface area contributed by atoms with Crippen LogP contribution in [-0.4, -0.2) is 46.0 Å². The molecular weight excluding hydrogens is 312 g/mol. The van der Waals surface area contributed by atoms with E-state index >= 15 is 0 Å². The summed E-state index contributed by atoms with van der Waals surface area (Å²) in [5.74, 6) is -0.418. The highest BCUT2D eigenvalue weighted by atomic mass is 32.2. The molecule has 128 valence electrons. The summed E-state index contributed by atoms with van der Waals surface area (Å²) in [6.07, 6.45) is 0. The Morgan fingerprint density at radius 3 is 2.43 bits per heavy atom. The van der Waals surface area contributed by atoms with Crippen LogP contribution in [0.25, 0.3) is 0 Å². The van der Waals surface area contributed by atoms with Crippen molar-refractivity contribution in [2.75, 3.05) is 41.4 Å². The summed E-state index contributed by atoms with van der Waals surface area (Å²) in [5.41, 5.74) is 1.76. The normalized spacial score (nSPS) is 18.7. The minimum atomic E-state index is -3.38. The van der Waals surface area contributed by atoms with Gasteiger partial charge in [-0.3, -0.25) is 4.79 Å². The highest BCUT2D eigenvalue weighted by molar-refractivity contribution is 7.92. The van der Waals surface area contributed by atoms with Crippen LogP contribution < -0.4 is 9.80 Å². The van der Waals surface area contributed by atoms with E-state index in [9.17, 15) is 13.2 Å². The minimum absolute atomic E-state index is 0.0225. The van der Waals surface area contributed by atoms with Gasteiger partial charge in [0.05, 0.1) is 17.1 Å². The average molecular weight is 338 g/mol. The van der Waals surface area contributed by atoms with Gasteiger partial charge in [0.15, 0.2) is 9.84 Å². The minimum Gasteiger partial charge on any atom is -0.373 e. The van der Waals surface area contributed by atoms with E-state index < -0.39 is 15.6 Å². The van der Waals surface area contributed by atoms with Crippen molar-refractivity contribution in [1.29, 1.82) is 0 Å². The van der Waals surface area contributed by atoms with Gasteiger partial charge in [-0.05, 0) is 24.0 Å². The third-order valence-corrected chi connectivity index (χ3v) is 5.76. The fourth-order valence-electron chi connectivity index (χ4n) is 3.12. The first-order valence-corrected chi connectivity index (χ1v) is 9.82. The number of para-hydroxylation sites is 2. The van der Waals surface area contributed by atoms with Gasteiger partial charge in [-0.2, -0.15) is 0 Å². The van der Waals surface area contributed by atoms with E-state index in [1.807, 2.05) is 45.2 Å². The number of amides is 1. The van der Waals surface area contributed by atoms with E-state index in [1.54, 1.807) is 4.90 Å². The monoisotopic (exact) mass is 338 g/mol. The van der Waals surface area contributed by atoms with Crippen LogP contribution in [0.15, 0.2) is 24.3 Å². The van der Waals surface area contributed by atoms with Gasteiger partial charge < -0.3 is 9.80 Å². The molecule has 1 aromatic carbocycles. The Morgan fingerprint density at radius 2 is 1.83 bits per heavy atom. The molecule has 0 saturated heterocycles. The molecule has 1 aromatic rings. The standard InChI is InChI=1S/C17H26N2O3S/c1-13(2)11-23(21,22)12-17(20)19-10-14(3)9-18(4)15-7-5-6-8-16(15)19/h5-8,13-14H,9-12H2,1-4H3. The highest BCUT2D eigenvalue weighted by Crippen LogP contribution is 2.32. The first-order chi connectivity index (χ1) is 10.7. The molecule has 0 aromatic heterocycles. The second-order valence-corrected chi connectivity index (χ2v) is 9.04.